The standard InChI is InChI=1S/C61H98O6/c1-4-7-10-13-16-19-22-25-28-29-30-31-34-36-39-42-45-48-51-54-60(63)66-57-58(67-61(64)55-52-49-46-43-40-37-33-27-24-21-18-15-12-9-6-3)56-65-59(62)53-50-47-44-41-38-35-32-26-23-20-17-14-11-8-5-2/h7,9-10,12,15-21,23-26,28,30-31,36,39,58H,4-6,8,11,13-14,22,27,29,32-35,37-38,40-57H2,1-3H3/b10-7-,12-9-,18-15-,19-16-,20-17-,24-21-,26-23-,28-25-,31-30-,39-36-. The fraction of sp³-hybridized carbons (Fsp3) is 0.623. The quantitative estimate of drug-likeness (QED) is 0.0199. The molecule has 6 nitrogen and oxygen atoms in total. The van der Waals surface area contributed by atoms with Crippen LogP contribution >= 0.6 is 0 Å². The average molecular weight is 927 g/mol. The number of unbranched alkanes of at least 4 members (excludes halogenated alkanes) is 19. The van der Waals surface area contributed by atoms with Crippen molar-refractivity contribution in [1.29, 1.82) is 0 Å². The first kappa shape index (κ1) is 62.8. The average Bonchev–Trinajstić information content (AvgIpc) is 3.33. The van der Waals surface area contributed by atoms with Gasteiger partial charge >= 0.3 is 17.9 Å². The summed E-state index contributed by atoms with van der Waals surface area (Å²) >= 11 is 0. The molecule has 0 saturated carbocycles. The molecular weight excluding hydrogens is 829 g/mol. The molecule has 0 saturated heterocycles. The van der Waals surface area contributed by atoms with Crippen LogP contribution in [0.25, 0.3) is 0 Å². The summed E-state index contributed by atoms with van der Waals surface area (Å²) in [5.74, 6) is -0.964. The van der Waals surface area contributed by atoms with Crippen molar-refractivity contribution in [2.24, 2.45) is 0 Å². The molecule has 0 aromatic heterocycles. The van der Waals surface area contributed by atoms with Gasteiger partial charge in [-0.2, -0.15) is 0 Å². The van der Waals surface area contributed by atoms with Crippen molar-refractivity contribution in [3.05, 3.63) is 122 Å². The van der Waals surface area contributed by atoms with Gasteiger partial charge < -0.3 is 14.2 Å². The van der Waals surface area contributed by atoms with Crippen molar-refractivity contribution in [2.75, 3.05) is 13.2 Å². The number of ether oxygens (including phenoxy) is 3. The Morgan fingerprint density at radius 1 is 0.328 bits per heavy atom. The molecule has 0 aromatic carbocycles. The van der Waals surface area contributed by atoms with Crippen molar-refractivity contribution < 1.29 is 28.6 Å². The topological polar surface area (TPSA) is 78.9 Å². The Bertz CT molecular complexity index is 1440. The van der Waals surface area contributed by atoms with Gasteiger partial charge in [-0.1, -0.05) is 219 Å². The fourth-order valence-corrected chi connectivity index (χ4v) is 6.99. The first-order valence-electron chi connectivity index (χ1n) is 27.1. The molecular formula is C61H98O6. The minimum absolute atomic E-state index is 0.103. The highest BCUT2D eigenvalue weighted by Crippen LogP contribution is 2.13. The third kappa shape index (κ3) is 52.6. The van der Waals surface area contributed by atoms with Crippen molar-refractivity contribution in [1.82, 2.24) is 0 Å². The number of rotatable bonds is 47. The van der Waals surface area contributed by atoms with E-state index >= 15 is 0 Å². The van der Waals surface area contributed by atoms with Gasteiger partial charge in [-0.05, 0) is 109 Å². The second-order valence-corrected chi connectivity index (χ2v) is 17.5. The summed E-state index contributed by atoms with van der Waals surface area (Å²) in [5.41, 5.74) is 0. The zero-order valence-corrected chi connectivity index (χ0v) is 43.1. The Labute approximate surface area is 412 Å². The van der Waals surface area contributed by atoms with Gasteiger partial charge in [0.15, 0.2) is 6.10 Å². The largest absolute Gasteiger partial charge is 0.462 e. The molecule has 0 N–H and O–H groups in total. The van der Waals surface area contributed by atoms with E-state index in [0.717, 1.165) is 128 Å². The predicted octanol–water partition coefficient (Wildman–Crippen LogP) is 18.1. The molecule has 0 aliphatic rings. The summed E-state index contributed by atoms with van der Waals surface area (Å²) < 4.78 is 16.8. The van der Waals surface area contributed by atoms with Crippen LogP contribution in [0.1, 0.15) is 226 Å². The molecule has 0 aromatic rings. The van der Waals surface area contributed by atoms with E-state index in [9.17, 15) is 14.4 Å². The monoisotopic (exact) mass is 927 g/mol. The Kier molecular flexibility index (Phi) is 51.0. The van der Waals surface area contributed by atoms with Crippen LogP contribution < -0.4 is 0 Å². The highest BCUT2D eigenvalue weighted by Gasteiger charge is 2.19. The molecule has 0 rings (SSSR count). The Balaban J connectivity index is 4.50. The first-order chi connectivity index (χ1) is 33.0. The number of carbonyl (C=O) groups excluding carboxylic acids is 3. The van der Waals surface area contributed by atoms with Crippen LogP contribution in [0, 0.1) is 0 Å². The lowest BCUT2D eigenvalue weighted by Gasteiger charge is -2.18. The molecule has 0 aliphatic carbocycles. The molecule has 0 amide bonds. The summed E-state index contributed by atoms with van der Waals surface area (Å²) in [6, 6.07) is 0. The van der Waals surface area contributed by atoms with Crippen molar-refractivity contribution >= 4 is 17.9 Å². The van der Waals surface area contributed by atoms with Crippen LogP contribution in [0.3, 0.4) is 0 Å². The van der Waals surface area contributed by atoms with Gasteiger partial charge in [-0.15, -0.1) is 0 Å². The van der Waals surface area contributed by atoms with Gasteiger partial charge in [-0.25, -0.2) is 0 Å². The van der Waals surface area contributed by atoms with Gasteiger partial charge in [0.05, 0.1) is 0 Å². The molecule has 1 unspecified atom stereocenters. The summed E-state index contributed by atoms with van der Waals surface area (Å²) in [6.45, 7) is 6.31. The molecule has 0 spiro atoms. The molecule has 0 bridgehead atoms. The highest BCUT2D eigenvalue weighted by molar-refractivity contribution is 5.71. The lowest BCUT2D eigenvalue weighted by Crippen LogP contribution is -2.30. The molecule has 67 heavy (non-hydrogen) atoms. The second kappa shape index (κ2) is 54.4. The molecule has 1 atom stereocenters. The van der Waals surface area contributed by atoms with E-state index in [1.807, 2.05) is 0 Å². The third-order valence-electron chi connectivity index (χ3n) is 11.0. The molecule has 0 radical (unpaired) electrons. The van der Waals surface area contributed by atoms with E-state index in [2.05, 4.69) is 142 Å². The number of hydrogen-bond acceptors (Lipinski definition) is 6. The lowest BCUT2D eigenvalue weighted by atomic mass is 10.1. The Morgan fingerprint density at radius 3 is 1.10 bits per heavy atom. The third-order valence-corrected chi connectivity index (χ3v) is 11.0. The smallest absolute Gasteiger partial charge is 0.306 e. The molecule has 0 aliphatic heterocycles. The van der Waals surface area contributed by atoms with Gasteiger partial charge in [0.1, 0.15) is 13.2 Å². The van der Waals surface area contributed by atoms with Gasteiger partial charge in [0.25, 0.3) is 0 Å². The van der Waals surface area contributed by atoms with E-state index in [4.69, 9.17) is 14.2 Å². The van der Waals surface area contributed by atoms with Crippen LogP contribution in [0.2, 0.25) is 0 Å². The number of esters is 3. The summed E-state index contributed by atoms with van der Waals surface area (Å²) in [5, 5.41) is 0. The fourth-order valence-electron chi connectivity index (χ4n) is 6.99. The lowest BCUT2D eigenvalue weighted by molar-refractivity contribution is -0.167. The Morgan fingerprint density at radius 2 is 0.657 bits per heavy atom. The van der Waals surface area contributed by atoms with E-state index in [-0.39, 0.29) is 31.1 Å². The SMILES string of the molecule is CC\C=C/C=C\C=C/CCCCCCCCCC(=O)OC(COC(=O)CCCCC/C=C\C/C=C\C/C=C\C/C=C\C/C=C\CC)COC(=O)CCCCCCCC/C=C\C=C/CCCCC. The maximum atomic E-state index is 12.8. The van der Waals surface area contributed by atoms with Gasteiger partial charge in [-0.3, -0.25) is 14.4 Å². The van der Waals surface area contributed by atoms with E-state index in [1.54, 1.807) is 0 Å². The maximum Gasteiger partial charge on any atom is 0.306 e. The van der Waals surface area contributed by atoms with Crippen molar-refractivity contribution in [2.45, 2.75) is 232 Å². The van der Waals surface area contributed by atoms with Gasteiger partial charge in [0, 0.05) is 19.3 Å². The zero-order valence-electron chi connectivity index (χ0n) is 43.1. The van der Waals surface area contributed by atoms with Crippen LogP contribution in [0.15, 0.2) is 122 Å². The summed E-state index contributed by atoms with van der Waals surface area (Å²) in [4.78, 5) is 38.1. The number of hydrogen-bond donors (Lipinski definition) is 0. The van der Waals surface area contributed by atoms with E-state index in [0.29, 0.717) is 19.3 Å². The first-order valence-corrected chi connectivity index (χ1v) is 27.1. The minimum atomic E-state index is -0.807. The van der Waals surface area contributed by atoms with E-state index < -0.39 is 6.10 Å². The van der Waals surface area contributed by atoms with Crippen LogP contribution in [0.4, 0.5) is 0 Å². The molecule has 6 heteroatoms. The summed E-state index contributed by atoms with van der Waals surface area (Å²) in [6.07, 6.45) is 74.6. The van der Waals surface area contributed by atoms with Crippen molar-refractivity contribution in [3.8, 4) is 0 Å². The number of allylic oxidation sites excluding steroid dienone is 20. The van der Waals surface area contributed by atoms with Crippen LogP contribution in [0.5, 0.6) is 0 Å². The van der Waals surface area contributed by atoms with Crippen LogP contribution in [-0.2, 0) is 28.6 Å². The maximum absolute atomic E-state index is 12.8. The zero-order chi connectivity index (χ0) is 48.6. The number of carbonyl (C=O) groups is 3. The molecule has 0 heterocycles. The van der Waals surface area contributed by atoms with Crippen molar-refractivity contribution in [3.63, 3.8) is 0 Å². The summed E-state index contributed by atoms with van der Waals surface area (Å²) in [7, 11) is 0. The Hall–Kier alpha value is -4.19. The minimum Gasteiger partial charge on any atom is -0.462 e. The highest BCUT2D eigenvalue weighted by atomic mass is 16.6. The predicted molar refractivity (Wildman–Crippen MR) is 288 cm³/mol. The molecule has 0 fully saturated rings. The van der Waals surface area contributed by atoms with Gasteiger partial charge in [0.2, 0.25) is 0 Å². The normalized spacial score (nSPS) is 13.1. The van der Waals surface area contributed by atoms with E-state index in [1.165, 1.54) is 57.8 Å². The second-order valence-electron chi connectivity index (χ2n) is 17.5. The van der Waals surface area contributed by atoms with Crippen LogP contribution in [-0.4, -0.2) is 37.2 Å². The molecule has 378 valence electrons.